The summed E-state index contributed by atoms with van der Waals surface area (Å²) in [4.78, 5) is 6.82. The minimum Gasteiger partial charge on any atom is -0.334 e. The van der Waals surface area contributed by atoms with Crippen molar-refractivity contribution >= 4 is 15.9 Å². The number of halogens is 1. The zero-order chi connectivity index (χ0) is 14.8. The minimum absolute atomic E-state index is 0.204. The highest BCUT2D eigenvalue weighted by Gasteiger charge is 2.21. The molecule has 1 unspecified atom stereocenters. The van der Waals surface area contributed by atoms with Gasteiger partial charge in [-0.25, -0.2) is 0 Å². The van der Waals surface area contributed by atoms with Crippen molar-refractivity contribution in [3.8, 4) is 11.5 Å². The average molecular weight is 351 g/mol. The third-order valence-electron chi connectivity index (χ3n) is 3.85. The van der Waals surface area contributed by atoms with E-state index in [0.29, 0.717) is 11.7 Å². The first kappa shape index (κ1) is 14.7. The molecule has 1 aromatic heterocycles. The van der Waals surface area contributed by atoms with E-state index >= 15 is 0 Å². The number of nitrogens with zero attached hydrogens (tertiary/aromatic N) is 3. The van der Waals surface area contributed by atoms with Gasteiger partial charge >= 0.3 is 0 Å². The molecule has 3 rings (SSSR count). The number of hydrogen-bond acceptors (Lipinski definition) is 5. The van der Waals surface area contributed by atoms with E-state index < -0.39 is 0 Å². The Balaban J connectivity index is 1.77. The second-order valence-corrected chi connectivity index (χ2v) is 6.30. The topological polar surface area (TPSA) is 68.2 Å². The summed E-state index contributed by atoms with van der Waals surface area (Å²) in [6.45, 7) is 5.04. The zero-order valence-electron chi connectivity index (χ0n) is 12.1. The number of likely N-dealkylation sites (tertiary alicyclic amines) is 1. The van der Waals surface area contributed by atoms with Crippen LogP contribution in [0.2, 0.25) is 0 Å². The van der Waals surface area contributed by atoms with Crippen LogP contribution in [0, 0.1) is 6.92 Å². The molecule has 1 aliphatic heterocycles. The van der Waals surface area contributed by atoms with Crippen LogP contribution in [0.25, 0.3) is 11.5 Å². The van der Waals surface area contributed by atoms with Gasteiger partial charge in [0.25, 0.3) is 5.89 Å². The molecule has 5 nitrogen and oxygen atoms in total. The molecule has 0 spiro atoms. The Hall–Kier alpha value is -1.24. The molecule has 0 radical (unpaired) electrons. The zero-order valence-corrected chi connectivity index (χ0v) is 13.6. The summed E-state index contributed by atoms with van der Waals surface area (Å²) < 4.78 is 6.36. The molecule has 21 heavy (non-hydrogen) atoms. The molecule has 2 N–H and O–H groups in total. The highest BCUT2D eigenvalue weighted by Crippen LogP contribution is 2.30. The SMILES string of the molecule is Cc1cccc(-c2nc(C(N)CN3CCCC3)no2)c1Br. The first-order valence-corrected chi connectivity index (χ1v) is 8.01. The van der Waals surface area contributed by atoms with Gasteiger partial charge in [0.1, 0.15) is 0 Å². The van der Waals surface area contributed by atoms with Crippen molar-refractivity contribution in [2.45, 2.75) is 25.8 Å². The maximum absolute atomic E-state index is 6.20. The molecule has 0 bridgehead atoms. The van der Waals surface area contributed by atoms with E-state index in [4.69, 9.17) is 10.3 Å². The molecule has 112 valence electrons. The average Bonchev–Trinajstić information content (AvgIpc) is 3.12. The van der Waals surface area contributed by atoms with Gasteiger partial charge in [-0.2, -0.15) is 4.98 Å². The largest absolute Gasteiger partial charge is 0.334 e. The smallest absolute Gasteiger partial charge is 0.259 e. The third-order valence-corrected chi connectivity index (χ3v) is 4.90. The molecule has 0 amide bonds. The van der Waals surface area contributed by atoms with E-state index in [9.17, 15) is 0 Å². The van der Waals surface area contributed by atoms with E-state index in [2.05, 4.69) is 31.0 Å². The Bertz CT molecular complexity index is 622. The summed E-state index contributed by atoms with van der Waals surface area (Å²) in [7, 11) is 0. The summed E-state index contributed by atoms with van der Waals surface area (Å²) in [6, 6.07) is 5.76. The van der Waals surface area contributed by atoms with Crippen molar-refractivity contribution in [1.29, 1.82) is 0 Å². The third kappa shape index (κ3) is 3.17. The standard InChI is InChI=1S/C15H19BrN4O/c1-10-5-4-6-11(13(10)16)15-18-14(19-21-15)12(17)9-20-7-2-3-8-20/h4-6,12H,2-3,7-9,17H2,1H3. The van der Waals surface area contributed by atoms with Gasteiger partial charge < -0.3 is 15.2 Å². The van der Waals surface area contributed by atoms with Crippen LogP contribution in [-0.2, 0) is 0 Å². The summed E-state index contributed by atoms with van der Waals surface area (Å²) >= 11 is 3.57. The predicted octanol–water partition coefficient (Wildman–Crippen LogP) is 2.90. The Labute approximate surface area is 132 Å². The Morgan fingerprint density at radius 2 is 2.14 bits per heavy atom. The van der Waals surface area contributed by atoms with Gasteiger partial charge in [-0.15, -0.1) is 0 Å². The van der Waals surface area contributed by atoms with Crippen LogP contribution in [0.15, 0.2) is 27.2 Å². The molecule has 2 aromatic rings. The van der Waals surface area contributed by atoms with Crippen LogP contribution < -0.4 is 5.73 Å². The van der Waals surface area contributed by atoms with Crippen molar-refractivity contribution < 1.29 is 4.52 Å². The highest BCUT2D eigenvalue weighted by atomic mass is 79.9. The lowest BCUT2D eigenvalue weighted by Gasteiger charge is -2.17. The van der Waals surface area contributed by atoms with Crippen molar-refractivity contribution in [2.24, 2.45) is 5.73 Å². The second kappa shape index (κ2) is 6.25. The highest BCUT2D eigenvalue weighted by molar-refractivity contribution is 9.10. The summed E-state index contributed by atoms with van der Waals surface area (Å²) in [5.74, 6) is 1.09. The molecular weight excluding hydrogens is 332 g/mol. The number of nitrogens with two attached hydrogens (primary N) is 1. The summed E-state index contributed by atoms with van der Waals surface area (Å²) in [5.41, 5.74) is 8.23. The van der Waals surface area contributed by atoms with E-state index in [1.165, 1.54) is 12.8 Å². The fourth-order valence-electron chi connectivity index (χ4n) is 2.63. The number of rotatable bonds is 4. The minimum atomic E-state index is -0.204. The van der Waals surface area contributed by atoms with Gasteiger partial charge in [0.05, 0.1) is 11.6 Å². The van der Waals surface area contributed by atoms with Crippen LogP contribution in [0.4, 0.5) is 0 Å². The lowest BCUT2D eigenvalue weighted by molar-refractivity contribution is 0.306. The van der Waals surface area contributed by atoms with Gasteiger partial charge in [-0.3, -0.25) is 0 Å². The van der Waals surface area contributed by atoms with Gasteiger partial charge in [0.2, 0.25) is 0 Å². The maximum atomic E-state index is 6.20. The molecule has 6 heteroatoms. The van der Waals surface area contributed by atoms with E-state index in [1.54, 1.807) is 0 Å². The molecule has 0 saturated carbocycles. The molecule has 1 aliphatic rings. The molecule has 1 fully saturated rings. The quantitative estimate of drug-likeness (QED) is 0.917. The monoisotopic (exact) mass is 350 g/mol. The number of aryl methyl sites for hydroxylation is 1. The lowest BCUT2D eigenvalue weighted by atomic mass is 10.1. The van der Waals surface area contributed by atoms with E-state index in [1.807, 2.05) is 25.1 Å². The molecule has 1 saturated heterocycles. The fourth-order valence-corrected chi connectivity index (χ4v) is 3.07. The van der Waals surface area contributed by atoms with Gasteiger partial charge in [0, 0.05) is 11.0 Å². The van der Waals surface area contributed by atoms with E-state index in [-0.39, 0.29) is 6.04 Å². The Morgan fingerprint density at radius 1 is 1.38 bits per heavy atom. The van der Waals surface area contributed by atoms with Gasteiger partial charge in [-0.1, -0.05) is 17.3 Å². The second-order valence-electron chi connectivity index (χ2n) is 5.51. The molecule has 1 atom stereocenters. The summed E-state index contributed by atoms with van der Waals surface area (Å²) in [5, 5.41) is 4.05. The van der Waals surface area contributed by atoms with Crippen LogP contribution in [0.3, 0.4) is 0 Å². The van der Waals surface area contributed by atoms with Crippen molar-refractivity contribution in [3.05, 3.63) is 34.1 Å². The predicted molar refractivity (Wildman–Crippen MR) is 84.8 cm³/mol. The van der Waals surface area contributed by atoms with Crippen LogP contribution in [0.5, 0.6) is 0 Å². The van der Waals surface area contributed by atoms with Crippen LogP contribution in [0.1, 0.15) is 30.3 Å². The van der Waals surface area contributed by atoms with Crippen LogP contribution >= 0.6 is 15.9 Å². The van der Waals surface area contributed by atoms with Crippen LogP contribution in [-0.4, -0.2) is 34.7 Å². The molecular formula is C15H19BrN4O. The van der Waals surface area contributed by atoms with E-state index in [0.717, 1.165) is 35.2 Å². The van der Waals surface area contributed by atoms with Crippen molar-refractivity contribution in [1.82, 2.24) is 15.0 Å². The first-order valence-electron chi connectivity index (χ1n) is 7.22. The van der Waals surface area contributed by atoms with Crippen molar-refractivity contribution in [3.63, 3.8) is 0 Å². The number of benzene rings is 1. The Morgan fingerprint density at radius 3 is 2.90 bits per heavy atom. The number of hydrogen-bond donors (Lipinski definition) is 1. The molecule has 0 aliphatic carbocycles. The van der Waals surface area contributed by atoms with Gasteiger partial charge in [0.15, 0.2) is 5.82 Å². The maximum Gasteiger partial charge on any atom is 0.259 e. The number of aromatic nitrogens is 2. The first-order chi connectivity index (χ1) is 10.1. The van der Waals surface area contributed by atoms with Crippen molar-refractivity contribution in [2.75, 3.05) is 19.6 Å². The molecule has 2 heterocycles. The normalized spacial score (nSPS) is 17.3. The fraction of sp³-hybridized carbons (Fsp3) is 0.467. The molecule has 1 aromatic carbocycles. The summed E-state index contributed by atoms with van der Waals surface area (Å²) in [6.07, 6.45) is 2.50. The Kier molecular flexibility index (Phi) is 4.37. The lowest BCUT2D eigenvalue weighted by Crippen LogP contribution is -2.30. The van der Waals surface area contributed by atoms with Gasteiger partial charge in [-0.05, 0) is 60.4 Å².